The number of aromatic nitrogens is 2. The van der Waals surface area contributed by atoms with Crippen molar-refractivity contribution in [2.75, 3.05) is 37.4 Å². The average Bonchev–Trinajstić information content (AvgIpc) is 2.27. The third-order valence-corrected chi connectivity index (χ3v) is 2.19. The molecule has 0 aliphatic heterocycles. The first kappa shape index (κ1) is 13.6. The minimum atomic E-state index is -0.462. The smallest absolute Gasteiger partial charge is 0.222 e. The molecule has 5 nitrogen and oxygen atoms in total. The molecule has 0 fully saturated rings. The van der Waals surface area contributed by atoms with Crippen molar-refractivity contribution in [3.63, 3.8) is 0 Å². The summed E-state index contributed by atoms with van der Waals surface area (Å²) in [4.78, 5) is 9.38. The fourth-order valence-electron chi connectivity index (χ4n) is 1.52. The van der Waals surface area contributed by atoms with Gasteiger partial charge in [-0.1, -0.05) is 13.8 Å². The van der Waals surface area contributed by atoms with Gasteiger partial charge in [-0.15, -0.1) is 0 Å². The highest BCUT2D eigenvalue weighted by Gasteiger charge is 2.15. The zero-order valence-electron chi connectivity index (χ0n) is 10.5. The van der Waals surface area contributed by atoms with Crippen molar-refractivity contribution in [1.29, 1.82) is 0 Å². The van der Waals surface area contributed by atoms with Crippen molar-refractivity contribution >= 4 is 11.8 Å². The summed E-state index contributed by atoms with van der Waals surface area (Å²) in [6.45, 7) is 5.89. The summed E-state index contributed by atoms with van der Waals surface area (Å²) in [6.07, 6.45) is 1.10. The molecule has 96 valence electrons. The van der Waals surface area contributed by atoms with Crippen LogP contribution >= 0.6 is 0 Å². The lowest BCUT2D eigenvalue weighted by atomic mass is 10.2. The molecule has 0 bridgehead atoms. The van der Waals surface area contributed by atoms with Gasteiger partial charge in [0.1, 0.15) is 0 Å². The zero-order valence-corrected chi connectivity index (χ0v) is 10.5. The molecule has 1 aromatic rings. The Morgan fingerprint density at radius 2 is 2.24 bits per heavy atom. The Balaban J connectivity index is 2.90. The van der Waals surface area contributed by atoms with E-state index in [9.17, 15) is 4.39 Å². The molecule has 0 aromatic carbocycles. The van der Waals surface area contributed by atoms with Crippen LogP contribution in [-0.2, 0) is 4.74 Å². The van der Waals surface area contributed by atoms with Crippen molar-refractivity contribution in [3.05, 3.63) is 12.0 Å². The summed E-state index contributed by atoms with van der Waals surface area (Å²) in [7, 11) is 1.61. The zero-order chi connectivity index (χ0) is 12.8. The monoisotopic (exact) mass is 242 g/mol. The summed E-state index contributed by atoms with van der Waals surface area (Å²) >= 11 is 0. The molecule has 17 heavy (non-hydrogen) atoms. The van der Waals surface area contributed by atoms with Gasteiger partial charge in [0.25, 0.3) is 0 Å². The van der Waals surface area contributed by atoms with Gasteiger partial charge < -0.3 is 15.4 Å². The number of nitrogens with zero attached hydrogens (tertiary/aromatic N) is 3. The molecule has 0 unspecified atom stereocenters. The predicted octanol–water partition coefficient (Wildman–Crippen LogP) is 1.31. The molecule has 1 heterocycles. The lowest BCUT2D eigenvalue weighted by Gasteiger charge is -2.25. The SMILES string of the molecule is COCCN(CC(C)C)c1nc(N)ncc1F. The molecule has 0 radical (unpaired) electrons. The van der Waals surface area contributed by atoms with E-state index in [0.717, 1.165) is 6.20 Å². The van der Waals surface area contributed by atoms with Crippen LogP contribution in [0.4, 0.5) is 16.2 Å². The van der Waals surface area contributed by atoms with E-state index in [4.69, 9.17) is 10.5 Å². The number of nitrogen functional groups attached to an aromatic ring is 1. The van der Waals surface area contributed by atoms with E-state index in [1.54, 1.807) is 7.11 Å². The van der Waals surface area contributed by atoms with Crippen molar-refractivity contribution in [2.24, 2.45) is 5.92 Å². The molecule has 1 aromatic heterocycles. The third kappa shape index (κ3) is 4.14. The van der Waals surface area contributed by atoms with Gasteiger partial charge in [0.2, 0.25) is 5.95 Å². The minimum absolute atomic E-state index is 0.0765. The van der Waals surface area contributed by atoms with Crippen molar-refractivity contribution < 1.29 is 9.13 Å². The lowest BCUT2D eigenvalue weighted by Crippen LogP contribution is -2.32. The number of rotatable bonds is 6. The van der Waals surface area contributed by atoms with Gasteiger partial charge >= 0.3 is 0 Å². The Kier molecular flexibility index (Phi) is 5.09. The quantitative estimate of drug-likeness (QED) is 0.814. The maximum Gasteiger partial charge on any atom is 0.222 e. The summed E-state index contributed by atoms with van der Waals surface area (Å²) in [5, 5.41) is 0. The van der Waals surface area contributed by atoms with E-state index in [0.29, 0.717) is 25.6 Å². The number of nitrogens with two attached hydrogens (primary N) is 1. The molecule has 6 heteroatoms. The summed E-state index contributed by atoms with van der Waals surface area (Å²) in [6, 6.07) is 0. The number of ether oxygens (including phenoxy) is 1. The molecule has 1 rings (SSSR count). The fourth-order valence-corrected chi connectivity index (χ4v) is 1.52. The molecular weight excluding hydrogens is 223 g/mol. The molecule has 0 amide bonds. The van der Waals surface area contributed by atoms with Gasteiger partial charge in [-0.25, -0.2) is 9.37 Å². The number of hydrogen-bond acceptors (Lipinski definition) is 5. The molecule has 0 saturated heterocycles. The minimum Gasteiger partial charge on any atom is -0.383 e. The number of methoxy groups -OCH3 is 1. The van der Waals surface area contributed by atoms with E-state index in [-0.39, 0.29) is 11.8 Å². The molecule has 0 saturated carbocycles. The van der Waals surface area contributed by atoms with Crippen LogP contribution in [0.1, 0.15) is 13.8 Å². The first-order chi connectivity index (χ1) is 8.04. The van der Waals surface area contributed by atoms with Crippen LogP contribution < -0.4 is 10.6 Å². The summed E-state index contributed by atoms with van der Waals surface area (Å²) < 4.78 is 18.6. The largest absolute Gasteiger partial charge is 0.383 e. The predicted molar refractivity (Wildman–Crippen MR) is 65.3 cm³/mol. The van der Waals surface area contributed by atoms with Crippen molar-refractivity contribution in [1.82, 2.24) is 9.97 Å². The van der Waals surface area contributed by atoms with E-state index in [1.165, 1.54) is 0 Å². The van der Waals surface area contributed by atoms with Gasteiger partial charge in [-0.2, -0.15) is 4.98 Å². The first-order valence-electron chi connectivity index (χ1n) is 5.56. The number of anilines is 2. The van der Waals surface area contributed by atoms with Crippen LogP contribution in [0.2, 0.25) is 0 Å². The van der Waals surface area contributed by atoms with Crippen molar-refractivity contribution in [3.8, 4) is 0 Å². The molecule has 0 aliphatic carbocycles. The third-order valence-electron chi connectivity index (χ3n) is 2.19. The summed E-state index contributed by atoms with van der Waals surface area (Å²) in [5.41, 5.74) is 5.48. The average molecular weight is 242 g/mol. The van der Waals surface area contributed by atoms with Crippen LogP contribution in [0.25, 0.3) is 0 Å². The number of halogens is 1. The van der Waals surface area contributed by atoms with E-state index >= 15 is 0 Å². The Labute approximate surface area is 101 Å². The maximum absolute atomic E-state index is 13.6. The second-order valence-corrected chi connectivity index (χ2v) is 4.23. The number of hydrogen-bond donors (Lipinski definition) is 1. The normalized spacial score (nSPS) is 10.9. The van der Waals surface area contributed by atoms with E-state index in [2.05, 4.69) is 23.8 Å². The Hall–Kier alpha value is -1.43. The summed E-state index contributed by atoms with van der Waals surface area (Å²) in [5.74, 6) is 0.245. The van der Waals surface area contributed by atoms with Gasteiger partial charge in [0.15, 0.2) is 11.6 Å². The van der Waals surface area contributed by atoms with E-state index in [1.807, 2.05) is 4.90 Å². The van der Waals surface area contributed by atoms with Crippen molar-refractivity contribution in [2.45, 2.75) is 13.8 Å². The molecule has 0 spiro atoms. The van der Waals surface area contributed by atoms with E-state index < -0.39 is 5.82 Å². The Bertz CT molecular complexity index is 359. The van der Waals surface area contributed by atoms with Gasteiger partial charge in [0.05, 0.1) is 12.8 Å². The highest BCUT2D eigenvalue weighted by molar-refractivity contribution is 5.42. The Morgan fingerprint density at radius 1 is 1.53 bits per heavy atom. The second kappa shape index (κ2) is 6.34. The molecule has 0 aliphatic rings. The van der Waals surface area contributed by atoms with Crippen LogP contribution in [0, 0.1) is 11.7 Å². The Morgan fingerprint density at radius 3 is 2.82 bits per heavy atom. The standard InChI is InChI=1S/C11H19FN4O/c1-8(2)7-16(4-5-17-3)10-9(12)6-14-11(13)15-10/h6,8H,4-5,7H2,1-3H3,(H2,13,14,15). The molecular formula is C11H19FN4O. The molecule has 2 N–H and O–H groups in total. The van der Waals surface area contributed by atoms with Crippen LogP contribution in [0.3, 0.4) is 0 Å². The molecule has 0 atom stereocenters. The lowest BCUT2D eigenvalue weighted by molar-refractivity contribution is 0.204. The maximum atomic E-state index is 13.6. The van der Waals surface area contributed by atoms with Crippen LogP contribution in [-0.4, -0.2) is 36.8 Å². The highest BCUT2D eigenvalue weighted by atomic mass is 19.1. The van der Waals surface area contributed by atoms with Crippen LogP contribution in [0.5, 0.6) is 0 Å². The van der Waals surface area contributed by atoms with Gasteiger partial charge in [-0.05, 0) is 5.92 Å². The highest BCUT2D eigenvalue weighted by Crippen LogP contribution is 2.17. The topological polar surface area (TPSA) is 64.3 Å². The van der Waals surface area contributed by atoms with Gasteiger partial charge in [-0.3, -0.25) is 0 Å². The second-order valence-electron chi connectivity index (χ2n) is 4.23. The fraction of sp³-hybridized carbons (Fsp3) is 0.636. The first-order valence-corrected chi connectivity index (χ1v) is 5.56. The van der Waals surface area contributed by atoms with Crippen LogP contribution in [0.15, 0.2) is 6.20 Å². The van der Waals surface area contributed by atoms with Gasteiger partial charge in [0, 0.05) is 20.2 Å².